The van der Waals surface area contributed by atoms with Crippen molar-refractivity contribution in [1.82, 2.24) is 4.90 Å². The van der Waals surface area contributed by atoms with E-state index in [-0.39, 0.29) is 6.61 Å². The molecule has 1 fully saturated rings. The minimum Gasteiger partial charge on any atom is -0.395 e. The zero-order valence-corrected chi connectivity index (χ0v) is 10.5. The lowest BCUT2D eigenvalue weighted by Gasteiger charge is -2.22. The zero-order valence-electron chi connectivity index (χ0n) is 9.00. The van der Waals surface area contributed by atoms with Gasteiger partial charge in [-0.25, -0.2) is 0 Å². The topological polar surface area (TPSA) is 23.5 Å². The number of hydrogen-bond acceptors (Lipinski definition) is 2. The van der Waals surface area contributed by atoms with E-state index in [2.05, 4.69) is 4.90 Å². The quantitative estimate of drug-likeness (QED) is 0.903. The fourth-order valence-corrected chi connectivity index (χ4v) is 2.50. The molecule has 88 valence electrons. The van der Waals surface area contributed by atoms with Gasteiger partial charge in [0.1, 0.15) is 0 Å². The summed E-state index contributed by atoms with van der Waals surface area (Å²) in [6.45, 7) is 2.12. The number of likely N-dealkylation sites (tertiary alicyclic amines) is 1. The van der Waals surface area contributed by atoms with Gasteiger partial charge in [-0.15, -0.1) is 0 Å². The highest BCUT2D eigenvalue weighted by Gasteiger charge is 2.23. The molecule has 1 aromatic rings. The van der Waals surface area contributed by atoms with Crippen LogP contribution in [0.5, 0.6) is 0 Å². The Morgan fingerprint density at radius 2 is 2.12 bits per heavy atom. The van der Waals surface area contributed by atoms with Gasteiger partial charge in [0.15, 0.2) is 0 Å². The molecular weight excluding hydrogens is 245 g/mol. The molecule has 0 bridgehead atoms. The van der Waals surface area contributed by atoms with E-state index in [0.29, 0.717) is 16.1 Å². The maximum atomic E-state index is 9.22. The summed E-state index contributed by atoms with van der Waals surface area (Å²) in [6, 6.07) is 6.01. The van der Waals surface area contributed by atoms with Crippen LogP contribution in [0.4, 0.5) is 0 Å². The van der Waals surface area contributed by atoms with Crippen molar-refractivity contribution in [2.75, 3.05) is 13.2 Å². The third kappa shape index (κ3) is 2.69. The van der Waals surface area contributed by atoms with Gasteiger partial charge in [0, 0.05) is 12.6 Å². The van der Waals surface area contributed by atoms with Crippen LogP contribution >= 0.6 is 23.2 Å². The predicted molar refractivity (Wildman–Crippen MR) is 67.0 cm³/mol. The molecular formula is C12H15Cl2NO. The van der Waals surface area contributed by atoms with Gasteiger partial charge in [-0.2, -0.15) is 0 Å². The van der Waals surface area contributed by atoms with E-state index in [9.17, 15) is 5.11 Å². The molecule has 1 saturated heterocycles. The number of nitrogens with zero attached hydrogens (tertiary/aromatic N) is 1. The van der Waals surface area contributed by atoms with Gasteiger partial charge in [-0.1, -0.05) is 29.3 Å². The first-order chi connectivity index (χ1) is 7.70. The molecule has 0 aromatic heterocycles. The SMILES string of the molecule is OC[C@H]1CCCN1Cc1ccc(Cl)c(Cl)c1. The molecule has 16 heavy (non-hydrogen) atoms. The number of benzene rings is 1. The minimum atomic E-state index is 0.237. The van der Waals surface area contributed by atoms with Crippen molar-refractivity contribution in [3.05, 3.63) is 33.8 Å². The van der Waals surface area contributed by atoms with Crippen molar-refractivity contribution in [3.63, 3.8) is 0 Å². The standard InChI is InChI=1S/C12H15Cl2NO/c13-11-4-3-9(6-12(11)14)7-15-5-1-2-10(15)8-16/h3-4,6,10,16H,1-2,5,7-8H2/t10-/m1/s1. The Morgan fingerprint density at radius 1 is 1.31 bits per heavy atom. The molecule has 0 aliphatic carbocycles. The van der Waals surface area contributed by atoms with Gasteiger partial charge in [0.05, 0.1) is 16.7 Å². The van der Waals surface area contributed by atoms with E-state index >= 15 is 0 Å². The molecule has 1 aromatic carbocycles. The van der Waals surface area contributed by atoms with Gasteiger partial charge in [-0.3, -0.25) is 4.90 Å². The summed E-state index contributed by atoms with van der Waals surface area (Å²) in [5, 5.41) is 10.4. The number of aliphatic hydroxyl groups is 1. The van der Waals surface area contributed by atoms with Crippen LogP contribution in [0.25, 0.3) is 0 Å². The molecule has 2 nitrogen and oxygen atoms in total. The van der Waals surface area contributed by atoms with Crippen molar-refractivity contribution in [2.45, 2.75) is 25.4 Å². The third-order valence-electron chi connectivity index (χ3n) is 3.08. The van der Waals surface area contributed by atoms with Crippen molar-refractivity contribution < 1.29 is 5.11 Å². The molecule has 2 rings (SSSR count). The fourth-order valence-electron chi connectivity index (χ4n) is 2.18. The number of rotatable bonds is 3. The van der Waals surface area contributed by atoms with Crippen molar-refractivity contribution in [3.8, 4) is 0 Å². The molecule has 0 amide bonds. The summed E-state index contributed by atoms with van der Waals surface area (Å²) in [6.07, 6.45) is 2.24. The first-order valence-corrected chi connectivity index (χ1v) is 6.25. The summed E-state index contributed by atoms with van der Waals surface area (Å²) in [7, 11) is 0. The van der Waals surface area contributed by atoms with E-state index in [1.807, 2.05) is 18.2 Å². The average molecular weight is 260 g/mol. The van der Waals surface area contributed by atoms with Gasteiger partial charge in [0.25, 0.3) is 0 Å². The van der Waals surface area contributed by atoms with E-state index in [4.69, 9.17) is 23.2 Å². The molecule has 0 saturated carbocycles. The minimum absolute atomic E-state index is 0.237. The predicted octanol–water partition coefficient (Wildman–Crippen LogP) is 2.95. The van der Waals surface area contributed by atoms with E-state index in [0.717, 1.165) is 31.5 Å². The van der Waals surface area contributed by atoms with Crippen molar-refractivity contribution in [2.24, 2.45) is 0 Å². The van der Waals surface area contributed by atoms with Crippen LogP contribution in [0.3, 0.4) is 0 Å². The fraction of sp³-hybridized carbons (Fsp3) is 0.500. The lowest BCUT2D eigenvalue weighted by atomic mass is 10.2. The highest BCUT2D eigenvalue weighted by atomic mass is 35.5. The third-order valence-corrected chi connectivity index (χ3v) is 3.82. The molecule has 1 aliphatic heterocycles. The zero-order chi connectivity index (χ0) is 11.5. The molecule has 1 atom stereocenters. The highest BCUT2D eigenvalue weighted by Crippen LogP contribution is 2.25. The molecule has 0 spiro atoms. The Hall–Kier alpha value is -0.280. The Morgan fingerprint density at radius 3 is 2.81 bits per heavy atom. The second kappa shape index (κ2) is 5.37. The number of halogens is 2. The van der Waals surface area contributed by atoms with Crippen LogP contribution < -0.4 is 0 Å². The van der Waals surface area contributed by atoms with Crippen LogP contribution in [0, 0.1) is 0 Å². The van der Waals surface area contributed by atoms with Crippen LogP contribution in [0.2, 0.25) is 10.0 Å². The molecule has 4 heteroatoms. The lowest BCUT2D eigenvalue weighted by Crippen LogP contribution is -2.31. The maximum Gasteiger partial charge on any atom is 0.0595 e. The Labute approximate surface area is 106 Å². The molecule has 1 aliphatic rings. The van der Waals surface area contributed by atoms with Crippen LogP contribution in [0.15, 0.2) is 18.2 Å². The highest BCUT2D eigenvalue weighted by molar-refractivity contribution is 6.42. The van der Waals surface area contributed by atoms with Crippen molar-refractivity contribution in [1.29, 1.82) is 0 Å². The Balaban J connectivity index is 2.05. The normalized spacial score (nSPS) is 21.6. The van der Waals surface area contributed by atoms with Gasteiger partial charge in [-0.05, 0) is 37.1 Å². The summed E-state index contributed by atoms with van der Waals surface area (Å²) in [4.78, 5) is 2.29. The summed E-state index contributed by atoms with van der Waals surface area (Å²) in [5.41, 5.74) is 1.15. The summed E-state index contributed by atoms with van der Waals surface area (Å²) in [5.74, 6) is 0. The van der Waals surface area contributed by atoms with Crippen molar-refractivity contribution >= 4 is 23.2 Å². The van der Waals surface area contributed by atoms with E-state index in [1.54, 1.807) is 0 Å². The first-order valence-electron chi connectivity index (χ1n) is 5.49. The Kier molecular flexibility index (Phi) is 4.09. The Bertz CT molecular complexity index is 370. The van der Waals surface area contributed by atoms with Gasteiger partial charge in [0.2, 0.25) is 0 Å². The maximum absolute atomic E-state index is 9.22. The average Bonchev–Trinajstić information content (AvgIpc) is 2.71. The number of hydrogen-bond donors (Lipinski definition) is 1. The van der Waals surface area contributed by atoms with Gasteiger partial charge >= 0.3 is 0 Å². The van der Waals surface area contributed by atoms with E-state index in [1.165, 1.54) is 0 Å². The monoisotopic (exact) mass is 259 g/mol. The van der Waals surface area contributed by atoms with Gasteiger partial charge < -0.3 is 5.11 Å². The molecule has 1 N–H and O–H groups in total. The smallest absolute Gasteiger partial charge is 0.0595 e. The molecule has 0 radical (unpaired) electrons. The van der Waals surface area contributed by atoms with Crippen LogP contribution in [0.1, 0.15) is 18.4 Å². The largest absolute Gasteiger partial charge is 0.395 e. The number of aliphatic hydroxyl groups excluding tert-OH is 1. The van der Waals surface area contributed by atoms with Crippen LogP contribution in [-0.4, -0.2) is 29.2 Å². The second-order valence-corrected chi connectivity index (χ2v) is 5.01. The second-order valence-electron chi connectivity index (χ2n) is 4.20. The van der Waals surface area contributed by atoms with Crippen LogP contribution in [-0.2, 0) is 6.54 Å². The lowest BCUT2D eigenvalue weighted by molar-refractivity contribution is 0.153. The summed E-state index contributed by atoms with van der Waals surface area (Å²) < 4.78 is 0. The first kappa shape index (κ1) is 12.2. The molecule has 0 unspecified atom stereocenters. The summed E-state index contributed by atoms with van der Waals surface area (Å²) >= 11 is 11.8. The van der Waals surface area contributed by atoms with E-state index < -0.39 is 0 Å². The molecule has 1 heterocycles.